The van der Waals surface area contributed by atoms with E-state index in [1.165, 1.54) is 18.4 Å². The van der Waals surface area contributed by atoms with Gasteiger partial charge < -0.3 is 9.73 Å². The Balaban J connectivity index is 1.55. The molecule has 2 heterocycles. The number of hydrogen-bond donors (Lipinski definition) is 1. The predicted octanol–water partition coefficient (Wildman–Crippen LogP) is 1.40. The van der Waals surface area contributed by atoms with E-state index in [1.807, 2.05) is 0 Å². The first-order chi connectivity index (χ1) is 9.20. The van der Waals surface area contributed by atoms with Crippen molar-refractivity contribution in [3.05, 3.63) is 23.2 Å². The molecule has 106 valence electrons. The smallest absolute Gasteiger partial charge is 0.120 e. The van der Waals surface area contributed by atoms with E-state index in [4.69, 9.17) is 4.42 Å². The van der Waals surface area contributed by atoms with E-state index in [0.717, 1.165) is 49.2 Å². The van der Waals surface area contributed by atoms with Crippen LogP contribution in [0, 0.1) is 6.92 Å². The Morgan fingerprint density at radius 1 is 1.42 bits per heavy atom. The number of nitrogens with zero attached hydrogens (tertiary/aromatic N) is 1. The van der Waals surface area contributed by atoms with Crippen molar-refractivity contribution in [2.75, 3.05) is 24.6 Å². The fraction of sp³-hybridized carbons (Fsp3) is 0.714. The van der Waals surface area contributed by atoms with E-state index < -0.39 is 10.8 Å². The summed E-state index contributed by atoms with van der Waals surface area (Å²) in [4.78, 5) is 2.33. The van der Waals surface area contributed by atoms with E-state index in [0.29, 0.717) is 6.04 Å². The van der Waals surface area contributed by atoms with Gasteiger partial charge >= 0.3 is 0 Å². The summed E-state index contributed by atoms with van der Waals surface area (Å²) in [6.45, 7) is 5.65. The van der Waals surface area contributed by atoms with Gasteiger partial charge in [-0.1, -0.05) is 0 Å². The molecule has 0 unspecified atom stereocenters. The van der Waals surface area contributed by atoms with Gasteiger partial charge in [0, 0.05) is 41.4 Å². The molecule has 3 rings (SSSR count). The van der Waals surface area contributed by atoms with Crippen molar-refractivity contribution in [2.24, 2.45) is 0 Å². The Hall–Kier alpha value is -0.650. The van der Waals surface area contributed by atoms with Crippen molar-refractivity contribution in [1.82, 2.24) is 10.2 Å². The van der Waals surface area contributed by atoms with Crippen LogP contribution in [-0.2, 0) is 23.9 Å². The number of hydrogen-bond acceptors (Lipinski definition) is 4. The summed E-state index contributed by atoms with van der Waals surface area (Å²) >= 11 is 0. The predicted molar refractivity (Wildman–Crippen MR) is 76.5 cm³/mol. The minimum atomic E-state index is -0.602. The molecule has 4 nitrogen and oxygen atoms in total. The van der Waals surface area contributed by atoms with Crippen LogP contribution in [0.15, 0.2) is 10.5 Å². The van der Waals surface area contributed by atoms with Crippen LogP contribution in [0.2, 0.25) is 0 Å². The lowest BCUT2D eigenvalue weighted by Gasteiger charge is -2.24. The molecule has 2 aliphatic rings. The molecule has 0 spiro atoms. The van der Waals surface area contributed by atoms with E-state index in [9.17, 15) is 4.21 Å². The second-order valence-corrected chi connectivity index (χ2v) is 7.29. The molecule has 0 radical (unpaired) electrons. The maximum atomic E-state index is 11.3. The first-order valence-electron chi connectivity index (χ1n) is 7.09. The van der Waals surface area contributed by atoms with Crippen molar-refractivity contribution in [3.63, 3.8) is 0 Å². The number of rotatable bonds is 5. The average Bonchev–Trinajstić information content (AvgIpc) is 3.15. The third kappa shape index (κ3) is 3.68. The second-order valence-electron chi connectivity index (χ2n) is 5.60. The van der Waals surface area contributed by atoms with Crippen LogP contribution in [0.25, 0.3) is 0 Å². The number of nitrogens with one attached hydrogen (secondary N) is 1. The topological polar surface area (TPSA) is 45.5 Å². The molecule has 1 aromatic rings. The number of furan rings is 1. The Labute approximate surface area is 117 Å². The Bertz CT molecular complexity index is 458. The zero-order chi connectivity index (χ0) is 13.2. The minimum absolute atomic E-state index is 0.602. The summed E-state index contributed by atoms with van der Waals surface area (Å²) in [5.74, 6) is 3.71. The van der Waals surface area contributed by atoms with Crippen molar-refractivity contribution in [2.45, 2.75) is 38.9 Å². The van der Waals surface area contributed by atoms with Crippen LogP contribution in [0.4, 0.5) is 0 Å². The fourth-order valence-electron chi connectivity index (χ4n) is 2.42. The first-order valence-corrected chi connectivity index (χ1v) is 8.58. The molecule has 0 bridgehead atoms. The van der Waals surface area contributed by atoms with E-state index in [1.54, 1.807) is 0 Å². The lowest BCUT2D eigenvalue weighted by atomic mass is 10.2. The van der Waals surface area contributed by atoms with E-state index >= 15 is 0 Å². The molecule has 0 aromatic carbocycles. The van der Waals surface area contributed by atoms with Gasteiger partial charge in [0.1, 0.15) is 11.5 Å². The Morgan fingerprint density at radius 2 is 2.16 bits per heavy atom. The van der Waals surface area contributed by atoms with Crippen molar-refractivity contribution in [1.29, 1.82) is 0 Å². The second kappa shape index (κ2) is 5.77. The van der Waals surface area contributed by atoms with Gasteiger partial charge in [-0.2, -0.15) is 0 Å². The summed E-state index contributed by atoms with van der Waals surface area (Å²) in [6.07, 6.45) is 2.61. The molecule has 0 amide bonds. The third-order valence-electron chi connectivity index (χ3n) is 3.85. The SMILES string of the molecule is Cc1cc(CN2CCS(=O)CC2)oc1CNC1CC1. The zero-order valence-corrected chi connectivity index (χ0v) is 12.3. The van der Waals surface area contributed by atoms with Crippen molar-refractivity contribution >= 4 is 10.8 Å². The third-order valence-corrected chi connectivity index (χ3v) is 5.13. The van der Waals surface area contributed by atoms with Gasteiger partial charge in [-0.05, 0) is 31.4 Å². The van der Waals surface area contributed by atoms with Crippen LogP contribution in [0.1, 0.15) is 29.9 Å². The van der Waals surface area contributed by atoms with Gasteiger partial charge in [0.15, 0.2) is 0 Å². The normalized spacial score (nSPS) is 21.9. The largest absolute Gasteiger partial charge is 0.463 e. The monoisotopic (exact) mass is 282 g/mol. The lowest BCUT2D eigenvalue weighted by molar-refractivity contribution is 0.261. The molecule has 1 saturated heterocycles. The maximum Gasteiger partial charge on any atom is 0.120 e. The van der Waals surface area contributed by atoms with Crippen molar-refractivity contribution in [3.8, 4) is 0 Å². The van der Waals surface area contributed by atoms with Gasteiger partial charge in [0.2, 0.25) is 0 Å². The molecule has 1 N–H and O–H groups in total. The highest BCUT2D eigenvalue weighted by atomic mass is 32.2. The summed E-state index contributed by atoms with van der Waals surface area (Å²) in [5, 5.41) is 3.49. The minimum Gasteiger partial charge on any atom is -0.463 e. The zero-order valence-electron chi connectivity index (χ0n) is 11.5. The molecule has 19 heavy (non-hydrogen) atoms. The molecule has 1 aliphatic carbocycles. The van der Waals surface area contributed by atoms with Crippen LogP contribution >= 0.6 is 0 Å². The molecular weight excluding hydrogens is 260 g/mol. The summed E-state index contributed by atoms with van der Waals surface area (Å²) in [7, 11) is -0.602. The van der Waals surface area contributed by atoms with Crippen molar-refractivity contribution < 1.29 is 8.63 Å². The Kier molecular flexibility index (Phi) is 4.05. The highest BCUT2D eigenvalue weighted by Gasteiger charge is 2.22. The molecule has 1 saturated carbocycles. The summed E-state index contributed by atoms with van der Waals surface area (Å²) in [6, 6.07) is 2.86. The van der Waals surface area contributed by atoms with Gasteiger partial charge in [0.05, 0.1) is 13.1 Å². The highest BCUT2D eigenvalue weighted by molar-refractivity contribution is 7.85. The maximum absolute atomic E-state index is 11.3. The standard InChI is InChI=1S/C14H22N2O2S/c1-11-8-13(10-16-4-6-19(17)7-5-16)18-14(11)9-15-12-2-3-12/h8,12,15H,2-7,9-10H2,1H3. The molecule has 1 aliphatic heterocycles. The fourth-order valence-corrected chi connectivity index (χ4v) is 3.55. The molecule has 1 aromatic heterocycles. The Morgan fingerprint density at radius 3 is 2.84 bits per heavy atom. The quantitative estimate of drug-likeness (QED) is 0.887. The van der Waals surface area contributed by atoms with E-state index in [-0.39, 0.29) is 0 Å². The van der Waals surface area contributed by atoms with Gasteiger partial charge in [-0.25, -0.2) is 0 Å². The van der Waals surface area contributed by atoms with E-state index in [2.05, 4.69) is 23.2 Å². The molecule has 0 atom stereocenters. The van der Waals surface area contributed by atoms with Crippen LogP contribution in [0.3, 0.4) is 0 Å². The van der Waals surface area contributed by atoms with Crippen LogP contribution in [0.5, 0.6) is 0 Å². The van der Waals surface area contributed by atoms with Gasteiger partial charge in [0.25, 0.3) is 0 Å². The van der Waals surface area contributed by atoms with Crippen LogP contribution in [-0.4, -0.2) is 39.7 Å². The van der Waals surface area contributed by atoms with Gasteiger partial charge in [-0.3, -0.25) is 9.11 Å². The molecule has 5 heteroatoms. The average molecular weight is 282 g/mol. The molecule has 2 fully saturated rings. The summed E-state index contributed by atoms with van der Waals surface area (Å²) < 4.78 is 17.3. The highest BCUT2D eigenvalue weighted by Crippen LogP contribution is 2.21. The van der Waals surface area contributed by atoms with Gasteiger partial charge in [-0.15, -0.1) is 0 Å². The van der Waals surface area contributed by atoms with Crippen LogP contribution < -0.4 is 5.32 Å². The molecular formula is C14H22N2O2S. The first kappa shape index (κ1) is 13.3. The lowest BCUT2D eigenvalue weighted by Crippen LogP contribution is -2.37. The number of aryl methyl sites for hydroxylation is 1. The summed E-state index contributed by atoms with van der Waals surface area (Å²) in [5.41, 5.74) is 1.24.